The number of amides is 1. The Kier molecular flexibility index (Phi) is 5.69. The van der Waals surface area contributed by atoms with Crippen LogP contribution in [0, 0.1) is 0 Å². The third kappa shape index (κ3) is 3.92. The van der Waals surface area contributed by atoms with Gasteiger partial charge in [0.1, 0.15) is 18.8 Å². The number of rotatable bonds is 5. The van der Waals surface area contributed by atoms with Crippen LogP contribution in [-0.2, 0) is 14.3 Å². The quantitative estimate of drug-likeness (QED) is 0.436. The van der Waals surface area contributed by atoms with E-state index in [-0.39, 0.29) is 11.3 Å². The molecule has 1 amide bonds. The summed E-state index contributed by atoms with van der Waals surface area (Å²) in [6.07, 6.45) is 3.26. The van der Waals surface area contributed by atoms with Gasteiger partial charge < -0.3 is 19.6 Å². The van der Waals surface area contributed by atoms with Gasteiger partial charge in [0.05, 0.1) is 37.9 Å². The highest BCUT2D eigenvalue weighted by atomic mass is 16.5. The minimum Gasteiger partial charge on any atom is -0.507 e. The number of hydrogen-bond acceptors (Lipinski definition) is 5. The molecule has 2 N–H and O–H groups in total. The van der Waals surface area contributed by atoms with E-state index in [4.69, 9.17) is 4.74 Å². The van der Waals surface area contributed by atoms with E-state index < -0.39 is 17.7 Å². The number of likely N-dealkylation sites (tertiary alicyclic amines) is 1. The molecule has 7 heteroatoms. The topological polar surface area (TPSA) is 84.2 Å². The summed E-state index contributed by atoms with van der Waals surface area (Å²) in [6, 6.07) is 11.8. The number of nitrogens with one attached hydrogen (secondary N) is 1. The van der Waals surface area contributed by atoms with Crippen LogP contribution in [0.1, 0.15) is 17.2 Å². The molecule has 0 bridgehead atoms. The number of aromatic nitrogens is 1. The minimum atomic E-state index is -0.648. The fraction of sp³-hybridized carbons (Fsp3) is 0.318. The van der Waals surface area contributed by atoms with E-state index in [0.717, 1.165) is 25.2 Å². The summed E-state index contributed by atoms with van der Waals surface area (Å²) < 4.78 is 5.39. The summed E-state index contributed by atoms with van der Waals surface area (Å²) in [4.78, 5) is 32.8. The van der Waals surface area contributed by atoms with Crippen molar-refractivity contribution < 1.29 is 24.3 Å². The maximum atomic E-state index is 12.9. The second kappa shape index (κ2) is 8.55. The number of carbonyl (C=O) groups excluding carboxylic acids is 2. The number of hydrogen-bond donors (Lipinski definition) is 2. The van der Waals surface area contributed by atoms with E-state index in [1.807, 2.05) is 6.07 Å². The van der Waals surface area contributed by atoms with Gasteiger partial charge in [-0.05, 0) is 17.7 Å². The number of aliphatic hydroxyl groups is 1. The van der Waals surface area contributed by atoms with Crippen LogP contribution >= 0.6 is 0 Å². The summed E-state index contributed by atoms with van der Waals surface area (Å²) >= 11 is 0. The number of benzene rings is 1. The van der Waals surface area contributed by atoms with Crippen molar-refractivity contribution in [3.8, 4) is 0 Å². The van der Waals surface area contributed by atoms with Gasteiger partial charge in [0, 0.05) is 18.0 Å². The average molecular weight is 394 g/mol. The smallest absolute Gasteiger partial charge is 0.295 e. The summed E-state index contributed by atoms with van der Waals surface area (Å²) in [5, 5.41) is 10.9. The molecule has 2 aliphatic rings. The van der Waals surface area contributed by atoms with Crippen molar-refractivity contribution >= 4 is 17.4 Å². The normalized spacial score (nSPS) is 22.2. The highest BCUT2D eigenvalue weighted by Gasteiger charge is 2.46. The van der Waals surface area contributed by atoms with Crippen molar-refractivity contribution in [2.75, 3.05) is 39.4 Å². The van der Waals surface area contributed by atoms with E-state index in [0.29, 0.717) is 25.3 Å². The van der Waals surface area contributed by atoms with Gasteiger partial charge in [-0.25, -0.2) is 0 Å². The lowest BCUT2D eigenvalue weighted by atomic mass is 9.96. The molecular weight excluding hydrogens is 370 g/mol. The Bertz CT molecular complexity index is 908. The van der Waals surface area contributed by atoms with Crippen molar-refractivity contribution in [3.05, 3.63) is 71.6 Å². The van der Waals surface area contributed by atoms with Gasteiger partial charge in [-0.2, -0.15) is 0 Å². The molecule has 1 aromatic heterocycles. The predicted octanol–water partition coefficient (Wildman–Crippen LogP) is 0.418. The van der Waals surface area contributed by atoms with Gasteiger partial charge in [-0.3, -0.25) is 14.6 Å². The van der Waals surface area contributed by atoms with Gasteiger partial charge in [-0.1, -0.05) is 30.3 Å². The van der Waals surface area contributed by atoms with E-state index in [1.54, 1.807) is 53.7 Å². The van der Waals surface area contributed by atoms with Gasteiger partial charge in [-0.15, -0.1) is 0 Å². The molecule has 2 fully saturated rings. The number of Topliss-reactive ketones (excluding diaryl/α,β-unsaturated/α-hetero) is 1. The van der Waals surface area contributed by atoms with Gasteiger partial charge in [0.25, 0.3) is 11.7 Å². The number of nitrogens with zero attached hydrogens (tertiary/aromatic N) is 2. The molecule has 1 aromatic carbocycles. The standard InChI is InChI=1S/C22H23N3O4/c26-20(17-4-2-1-3-5-17)18-19(16-6-8-23-9-7-16)25(22(28)21(18)27)11-10-24-12-14-29-15-13-24/h1-9,19,26H,10-15H2/p+1/b20-18+/t19-/m0/s1. The zero-order valence-corrected chi connectivity index (χ0v) is 16.1. The molecule has 0 unspecified atom stereocenters. The Labute approximate surface area is 169 Å². The number of pyridine rings is 1. The van der Waals surface area contributed by atoms with Crippen LogP contribution < -0.4 is 4.90 Å². The average Bonchev–Trinajstić information content (AvgIpc) is 3.04. The lowest BCUT2D eigenvalue weighted by Gasteiger charge is -2.29. The summed E-state index contributed by atoms with van der Waals surface area (Å²) in [5.41, 5.74) is 1.40. The second-order valence-corrected chi connectivity index (χ2v) is 7.25. The first-order chi connectivity index (χ1) is 14.2. The summed E-state index contributed by atoms with van der Waals surface area (Å²) in [6.45, 7) is 4.33. The molecule has 0 spiro atoms. The molecule has 2 aliphatic heterocycles. The monoisotopic (exact) mass is 394 g/mol. The number of morpholine rings is 1. The van der Waals surface area contributed by atoms with Crippen LogP contribution in [0.25, 0.3) is 5.76 Å². The third-order valence-corrected chi connectivity index (χ3v) is 5.52. The molecule has 0 saturated carbocycles. The molecule has 2 saturated heterocycles. The van der Waals surface area contributed by atoms with Crippen LogP contribution in [0.15, 0.2) is 60.4 Å². The highest BCUT2D eigenvalue weighted by molar-refractivity contribution is 6.46. The number of quaternary nitrogens is 1. The van der Waals surface area contributed by atoms with Crippen molar-refractivity contribution in [2.45, 2.75) is 6.04 Å². The maximum absolute atomic E-state index is 12.9. The van der Waals surface area contributed by atoms with E-state index in [2.05, 4.69) is 4.98 Å². The molecule has 0 aliphatic carbocycles. The Morgan fingerprint density at radius 3 is 2.48 bits per heavy atom. The second-order valence-electron chi connectivity index (χ2n) is 7.25. The molecule has 1 atom stereocenters. The van der Waals surface area contributed by atoms with Gasteiger partial charge in [0.2, 0.25) is 0 Å². The third-order valence-electron chi connectivity index (χ3n) is 5.52. The molecule has 7 nitrogen and oxygen atoms in total. The SMILES string of the molecule is O=C1C(=O)N(CC[NH+]2CCOCC2)[C@@H](c2ccncc2)/C1=C(\O)c1ccccc1. The van der Waals surface area contributed by atoms with Gasteiger partial charge in [0.15, 0.2) is 0 Å². The summed E-state index contributed by atoms with van der Waals surface area (Å²) in [7, 11) is 0. The first-order valence-electron chi connectivity index (χ1n) is 9.82. The van der Waals surface area contributed by atoms with Crippen molar-refractivity contribution in [3.63, 3.8) is 0 Å². The molecule has 3 heterocycles. The van der Waals surface area contributed by atoms with Crippen LogP contribution in [0.3, 0.4) is 0 Å². The fourth-order valence-electron chi connectivity index (χ4n) is 3.94. The number of ketones is 1. The Morgan fingerprint density at radius 2 is 1.79 bits per heavy atom. The van der Waals surface area contributed by atoms with Crippen LogP contribution in [0.4, 0.5) is 0 Å². The Balaban J connectivity index is 1.70. The van der Waals surface area contributed by atoms with Crippen molar-refractivity contribution in [1.29, 1.82) is 0 Å². The Morgan fingerprint density at radius 1 is 1.10 bits per heavy atom. The number of aliphatic hydroxyl groups excluding tert-OH is 1. The first kappa shape index (κ1) is 19.3. The van der Waals surface area contributed by atoms with Crippen molar-refractivity contribution in [1.82, 2.24) is 9.88 Å². The number of ether oxygens (including phenoxy) is 1. The molecule has 150 valence electrons. The summed E-state index contributed by atoms with van der Waals surface area (Å²) in [5.74, 6) is -1.37. The fourth-order valence-corrected chi connectivity index (χ4v) is 3.94. The lowest BCUT2D eigenvalue weighted by Crippen LogP contribution is -3.14. The van der Waals surface area contributed by atoms with E-state index in [1.165, 1.54) is 4.90 Å². The molecule has 0 radical (unpaired) electrons. The molecular formula is C22H24N3O4+. The zero-order valence-electron chi connectivity index (χ0n) is 16.1. The molecule has 4 rings (SSSR count). The molecule has 29 heavy (non-hydrogen) atoms. The first-order valence-corrected chi connectivity index (χ1v) is 9.82. The highest BCUT2D eigenvalue weighted by Crippen LogP contribution is 2.38. The van der Waals surface area contributed by atoms with Crippen LogP contribution in [0.2, 0.25) is 0 Å². The largest absolute Gasteiger partial charge is 0.507 e. The van der Waals surface area contributed by atoms with E-state index >= 15 is 0 Å². The van der Waals surface area contributed by atoms with Gasteiger partial charge >= 0.3 is 0 Å². The van der Waals surface area contributed by atoms with Crippen LogP contribution in [-0.4, -0.2) is 66.1 Å². The zero-order chi connectivity index (χ0) is 20.2. The minimum absolute atomic E-state index is 0.129. The number of carbonyl (C=O) groups is 2. The lowest BCUT2D eigenvalue weighted by molar-refractivity contribution is -0.907. The maximum Gasteiger partial charge on any atom is 0.295 e. The van der Waals surface area contributed by atoms with Crippen molar-refractivity contribution in [2.24, 2.45) is 0 Å². The molecule has 2 aromatic rings. The van der Waals surface area contributed by atoms with Crippen LogP contribution in [0.5, 0.6) is 0 Å². The Hall–Kier alpha value is -3.03. The predicted molar refractivity (Wildman–Crippen MR) is 106 cm³/mol. The van der Waals surface area contributed by atoms with E-state index in [9.17, 15) is 14.7 Å².